The van der Waals surface area contributed by atoms with Crippen molar-refractivity contribution in [2.24, 2.45) is 23.6 Å². The molecule has 1 rings (SSSR count). The van der Waals surface area contributed by atoms with Crippen molar-refractivity contribution in [2.45, 2.75) is 65.3 Å². The highest BCUT2D eigenvalue weighted by Crippen LogP contribution is 2.32. The van der Waals surface area contributed by atoms with Gasteiger partial charge in [-0.3, -0.25) is 11.3 Å². The van der Waals surface area contributed by atoms with Crippen LogP contribution in [0.25, 0.3) is 0 Å². The second-order valence-electron chi connectivity index (χ2n) is 5.54. The van der Waals surface area contributed by atoms with Crippen LogP contribution in [0.4, 0.5) is 0 Å². The Morgan fingerprint density at radius 2 is 1.87 bits per heavy atom. The number of hydrogen-bond acceptors (Lipinski definition) is 2. The summed E-state index contributed by atoms with van der Waals surface area (Å²) in [7, 11) is 0. The lowest BCUT2D eigenvalue weighted by molar-refractivity contribution is 0.208. The van der Waals surface area contributed by atoms with Gasteiger partial charge >= 0.3 is 0 Å². The zero-order valence-electron chi connectivity index (χ0n) is 10.6. The third-order valence-electron chi connectivity index (χ3n) is 4.20. The Labute approximate surface area is 95.0 Å². The summed E-state index contributed by atoms with van der Waals surface area (Å²) in [6, 6.07) is 0.549. The van der Waals surface area contributed by atoms with Crippen LogP contribution in [0.2, 0.25) is 0 Å². The molecule has 0 spiro atoms. The molecule has 0 amide bonds. The lowest BCUT2D eigenvalue weighted by atomic mass is 9.77. The number of nitrogens with one attached hydrogen (secondary N) is 1. The van der Waals surface area contributed by atoms with Crippen LogP contribution in [0.5, 0.6) is 0 Å². The Morgan fingerprint density at radius 1 is 1.27 bits per heavy atom. The van der Waals surface area contributed by atoms with E-state index in [9.17, 15) is 0 Å². The van der Waals surface area contributed by atoms with E-state index < -0.39 is 0 Å². The van der Waals surface area contributed by atoms with Crippen LogP contribution >= 0.6 is 0 Å². The molecule has 3 N–H and O–H groups in total. The lowest BCUT2D eigenvalue weighted by Crippen LogP contribution is -2.43. The van der Waals surface area contributed by atoms with Crippen molar-refractivity contribution >= 4 is 0 Å². The predicted molar refractivity (Wildman–Crippen MR) is 66.3 cm³/mol. The van der Waals surface area contributed by atoms with Crippen molar-refractivity contribution in [3.8, 4) is 0 Å². The Morgan fingerprint density at radius 3 is 2.33 bits per heavy atom. The van der Waals surface area contributed by atoms with E-state index in [1.165, 1.54) is 38.5 Å². The SMILES string of the molecule is CCC(C)CC(NN)C1CCC(C)CC1. The van der Waals surface area contributed by atoms with Gasteiger partial charge in [0.1, 0.15) is 0 Å². The highest BCUT2D eigenvalue weighted by atomic mass is 15.2. The van der Waals surface area contributed by atoms with Crippen LogP contribution < -0.4 is 11.3 Å². The molecular weight excluding hydrogens is 184 g/mol. The van der Waals surface area contributed by atoms with E-state index in [0.717, 1.165) is 17.8 Å². The molecule has 0 bridgehead atoms. The molecule has 2 heteroatoms. The third kappa shape index (κ3) is 4.12. The van der Waals surface area contributed by atoms with E-state index in [1.807, 2.05) is 0 Å². The molecule has 2 atom stereocenters. The number of hydrogen-bond donors (Lipinski definition) is 2. The van der Waals surface area contributed by atoms with Gasteiger partial charge in [-0.1, -0.05) is 40.0 Å². The highest BCUT2D eigenvalue weighted by molar-refractivity contribution is 4.80. The van der Waals surface area contributed by atoms with Crippen molar-refractivity contribution in [1.82, 2.24) is 5.43 Å². The second kappa shape index (κ2) is 6.49. The molecule has 2 unspecified atom stereocenters. The largest absolute Gasteiger partial charge is 0.271 e. The van der Waals surface area contributed by atoms with Gasteiger partial charge in [0.2, 0.25) is 0 Å². The Kier molecular flexibility index (Phi) is 5.62. The summed E-state index contributed by atoms with van der Waals surface area (Å²) in [5.41, 5.74) is 3.05. The minimum Gasteiger partial charge on any atom is -0.271 e. The number of hydrazine groups is 1. The van der Waals surface area contributed by atoms with Gasteiger partial charge in [-0.05, 0) is 37.0 Å². The van der Waals surface area contributed by atoms with Crippen molar-refractivity contribution in [2.75, 3.05) is 0 Å². The molecule has 0 aromatic heterocycles. The minimum atomic E-state index is 0.549. The summed E-state index contributed by atoms with van der Waals surface area (Å²) in [5.74, 6) is 8.24. The van der Waals surface area contributed by atoms with Gasteiger partial charge in [0, 0.05) is 6.04 Å². The van der Waals surface area contributed by atoms with Crippen LogP contribution in [0.1, 0.15) is 59.3 Å². The van der Waals surface area contributed by atoms with Crippen LogP contribution in [0.3, 0.4) is 0 Å². The van der Waals surface area contributed by atoms with Crippen LogP contribution in [0, 0.1) is 17.8 Å². The molecule has 1 aliphatic carbocycles. The Bertz CT molecular complexity index is 162. The Balaban J connectivity index is 2.37. The third-order valence-corrected chi connectivity index (χ3v) is 4.20. The monoisotopic (exact) mass is 212 g/mol. The van der Waals surface area contributed by atoms with Gasteiger partial charge < -0.3 is 0 Å². The molecule has 0 aliphatic heterocycles. The van der Waals surface area contributed by atoms with E-state index in [-0.39, 0.29) is 0 Å². The van der Waals surface area contributed by atoms with Gasteiger partial charge in [-0.2, -0.15) is 0 Å². The summed E-state index contributed by atoms with van der Waals surface area (Å²) in [6.07, 6.45) is 8.03. The van der Waals surface area contributed by atoms with Gasteiger partial charge in [-0.15, -0.1) is 0 Å². The molecule has 2 nitrogen and oxygen atoms in total. The molecular formula is C13H28N2. The second-order valence-corrected chi connectivity index (χ2v) is 5.54. The highest BCUT2D eigenvalue weighted by Gasteiger charge is 2.26. The number of nitrogens with two attached hydrogens (primary N) is 1. The van der Waals surface area contributed by atoms with E-state index in [2.05, 4.69) is 26.2 Å². The zero-order valence-corrected chi connectivity index (χ0v) is 10.6. The van der Waals surface area contributed by atoms with E-state index in [0.29, 0.717) is 6.04 Å². The topological polar surface area (TPSA) is 38.0 Å². The molecule has 90 valence electrons. The maximum Gasteiger partial charge on any atom is 0.0241 e. The average Bonchev–Trinajstić information content (AvgIpc) is 2.27. The normalized spacial score (nSPS) is 31.2. The summed E-state index contributed by atoms with van der Waals surface area (Å²) in [6.45, 7) is 6.97. The predicted octanol–water partition coefficient (Wildman–Crippen LogP) is 3.08. The molecule has 0 aromatic carbocycles. The molecule has 1 fully saturated rings. The lowest BCUT2D eigenvalue weighted by Gasteiger charge is -2.33. The van der Waals surface area contributed by atoms with Gasteiger partial charge in [-0.25, -0.2) is 0 Å². The minimum absolute atomic E-state index is 0.549. The molecule has 0 aromatic rings. The van der Waals surface area contributed by atoms with Gasteiger partial charge in [0.25, 0.3) is 0 Å². The fourth-order valence-corrected chi connectivity index (χ4v) is 2.68. The van der Waals surface area contributed by atoms with Crippen molar-refractivity contribution in [3.63, 3.8) is 0 Å². The fraction of sp³-hybridized carbons (Fsp3) is 1.00. The van der Waals surface area contributed by atoms with Crippen LogP contribution in [-0.2, 0) is 0 Å². The molecule has 0 radical (unpaired) electrons. The smallest absolute Gasteiger partial charge is 0.0241 e. The number of rotatable bonds is 5. The first-order valence-corrected chi connectivity index (χ1v) is 6.63. The Hall–Kier alpha value is -0.0800. The first-order valence-electron chi connectivity index (χ1n) is 6.63. The van der Waals surface area contributed by atoms with Crippen LogP contribution in [-0.4, -0.2) is 6.04 Å². The van der Waals surface area contributed by atoms with Gasteiger partial charge in [0.15, 0.2) is 0 Å². The van der Waals surface area contributed by atoms with Gasteiger partial charge in [0.05, 0.1) is 0 Å². The average molecular weight is 212 g/mol. The maximum atomic E-state index is 5.69. The molecule has 15 heavy (non-hydrogen) atoms. The standard InChI is InChI=1S/C13H28N2/c1-4-10(2)9-13(15-14)12-7-5-11(3)6-8-12/h10-13,15H,4-9,14H2,1-3H3. The fourth-order valence-electron chi connectivity index (χ4n) is 2.68. The summed E-state index contributed by atoms with van der Waals surface area (Å²) in [5, 5.41) is 0. The summed E-state index contributed by atoms with van der Waals surface area (Å²) >= 11 is 0. The van der Waals surface area contributed by atoms with E-state index >= 15 is 0 Å². The van der Waals surface area contributed by atoms with Crippen LogP contribution in [0.15, 0.2) is 0 Å². The quantitative estimate of drug-likeness (QED) is 0.543. The maximum absolute atomic E-state index is 5.69. The van der Waals surface area contributed by atoms with Crippen molar-refractivity contribution in [3.05, 3.63) is 0 Å². The first-order chi connectivity index (χ1) is 7.17. The van der Waals surface area contributed by atoms with E-state index in [1.54, 1.807) is 0 Å². The molecule has 0 saturated heterocycles. The molecule has 0 heterocycles. The van der Waals surface area contributed by atoms with Crippen molar-refractivity contribution in [1.29, 1.82) is 0 Å². The summed E-state index contributed by atoms with van der Waals surface area (Å²) in [4.78, 5) is 0. The summed E-state index contributed by atoms with van der Waals surface area (Å²) < 4.78 is 0. The molecule has 1 saturated carbocycles. The first kappa shape index (κ1) is 13.0. The van der Waals surface area contributed by atoms with E-state index in [4.69, 9.17) is 5.84 Å². The molecule has 1 aliphatic rings. The van der Waals surface area contributed by atoms with Crippen molar-refractivity contribution < 1.29 is 0 Å². The zero-order chi connectivity index (χ0) is 11.3.